The van der Waals surface area contributed by atoms with Crippen molar-refractivity contribution in [2.75, 3.05) is 14.2 Å². The monoisotopic (exact) mass is 394 g/mol. The zero-order valence-electron chi connectivity index (χ0n) is 16.6. The highest BCUT2D eigenvalue weighted by Gasteiger charge is 2.46. The summed E-state index contributed by atoms with van der Waals surface area (Å²) < 4.78 is 11.2. The van der Waals surface area contributed by atoms with Gasteiger partial charge in [0.25, 0.3) is 0 Å². The van der Waals surface area contributed by atoms with Gasteiger partial charge in [-0.3, -0.25) is 0 Å². The Hall–Kier alpha value is -3.17. The average molecular weight is 395 g/mol. The van der Waals surface area contributed by atoms with Crippen molar-refractivity contribution in [2.45, 2.75) is 5.41 Å². The Morgan fingerprint density at radius 3 is 1.83 bits per heavy atom. The number of benzene rings is 3. The third-order valence-electron chi connectivity index (χ3n) is 5.97. The molecule has 0 aliphatic heterocycles. The van der Waals surface area contributed by atoms with Crippen LogP contribution in [0.25, 0.3) is 11.1 Å². The first-order valence-corrected chi connectivity index (χ1v) is 11.0. The SMILES string of the molecule is COc1ccc2c(c1)-c1cc(OC)c[siH]c1C2(c1ccccc1)c1ccccc1. The van der Waals surface area contributed by atoms with Gasteiger partial charge >= 0.3 is 0 Å². The first kappa shape index (κ1) is 17.9. The minimum absolute atomic E-state index is 0.0676. The lowest BCUT2D eigenvalue weighted by Gasteiger charge is -2.34. The molecule has 4 aromatic rings. The van der Waals surface area contributed by atoms with Crippen LogP contribution in [0.3, 0.4) is 0 Å². The van der Waals surface area contributed by atoms with Crippen LogP contribution < -0.4 is 9.47 Å². The van der Waals surface area contributed by atoms with E-state index < -0.39 is 0 Å². The van der Waals surface area contributed by atoms with Crippen molar-refractivity contribution in [2.24, 2.45) is 0 Å². The highest BCUT2D eigenvalue weighted by Crippen LogP contribution is 2.56. The molecule has 0 unspecified atom stereocenters. The Bertz CT molecular complexity index is 1070. The van der Waals surface area contributed by atoms with E-state index >= 15 is 0 Å². The second-order valence-corrected chi connectivity index (χ2v) is 8.55. The predicted octanol–water partition coefficient (Wildman–Crippen LogP) is 5.14. The van der Waals surface area contributed by atoms with E-state index in [0.717, 1.165) is 11.5 Å². The number of hydrogen-bond acceptors (Lipinski definition) is 2. The molecular formula is C26H22O2Si. The van der Waals surface area contributed by atoms with E-state index in [2.05, 4.69) is 90.6 Å². The topological polar surface area (TPSA) is 18.5 Å². The largest absolute Gasteiger partial charge is 0.497 e. The number of ether oxygens (including phenoxy) is 2. The molecule has 0 saturated carbocycles. The minimum Gasteiger partial charge on any atom is -0.497 e. The average Bonchev–Trinajstić information content (AvgIpc) is 3.10. The molecule has 2 nitrogen and oxygen atoms in total. The van der Waals surface area contributed by atoms with Crippen LogP contribution in [0.2, 0.25) is 0 Å². The molecule has 3 aromatic carbocycles. The molecule has 0 saturated heterocycles. The van der Waals surface area contributed by atoms with Crippen molar-refractivity contribution >= 4 is 9.12 Å². The first-order valence-electron chi connectivity index (χ1n) is 9.77. The maximum atomic E-state index is 5.61. The smallest absolute Gasteiger partial charge is 0.119 e. The summed E-state index contributed by atoms with van der Waals surface area (Å²) in [7, 11) is 3.40. The summed E-state index contributed by atoms with van der Waals surface area (Å²) in [6.45, 7) is 0. The van der Waals surface area contributed by atoms with E-state index in [1.165, 1.54) is 33.0 Å². The highest BCUT2D eigenvalue weighted by molar-refractivity contribution is 6.36. The fraction of sp³-hybridized carbons (Fsp3) is 0.115. The summed E-state index contributed by atoms with van der Waals surface area (Å²) in [5.74, 6) is 1.83. The molecule has 0 bridgehead atoms. The van der Waals surface area contributed by atoms with Gasteiger partial charge < -0.3 is 9.47 Å². The third-order valence-corrected chi connectivity index (χ3v) is 7.54. The van der Waals surface area contributed by atoms with Crippen molar-refractivity contribution in [1.82, 2.24) is 0 Å². The van der Waals surface area contributed by atoms with Gasteiger partial charge in [-0.1, -0.05) is 66.7 Å². The van der Waals surface area contributed by atoms with Gasteiger partial charge in [0.15, 0.2) is 0 Å². The van der Waals surface area contributed by atoms with Crippen molar-refractivity contribution in [3.8, 4) is 22.6 Å². The maximum Gasteiger partial charge on any atom is 0.119 e. The van der Waals surface area contributed by atoms with E-state index in [1.807, 2.05) is 0 Å². The fourth-order valence-corrected chi connectivity index (χ4v) is 6.43. The summed E-state index contributed by atoms with van der Waals surface area (Å²) in [4.78, 5) is 0. The summed E-state index contributed by atoms with van der Waals surface area (Å²) >= 11 is 0. The summed E-state index contributed by atoms with van der Waals surface area (Å²) in [5, 5.41) is 1.47. The molecule has 29 heavy (non-hydrogen) atoms. The lowest BCUT2D eigenvalue weighted by Crippen LogP contribution is -2.29. The Morgan fingerprint density at radius 1 is 0.655 bits per heavy atom. The van der Waals surface area contributed by atoms with Crippen LogP contribution in [0.15, 0.2) is 90.6 Å². The number of methoxy groups -OCH3 is 2. The van der Waals surface area contributed by atoms with E-state index in [-0.39, 0.29) is 14.5 Å². The second-order valence-electron chi connectivity index (χ2n) is 7.31. The lowest BCUT2D eigenvalue weighted by atomic mass is 9.70. The lowest BCUT2D eigenvalue weighted by molar-refractivity contribution is 0.414. The van der Waals surface area contributed by atoms with Crippen LogP contribution in [-0.2, 0) is 5.41 Å². The molecular weight excluding hydrogens is 372 g/mol. The normalized spacial score (nSPS) is 13.4. The third kappa shape index (κ3) is 2.58. The van der Waals surface area contributed by atoms with E-state index in [1.54, 1.807) is 14.2 Å². The number of rotatable bonds is 4. The Morgan fingerprint density at radius 2 is 1.24 bits per heavy atom. The van der Waals surface area contributed by atoms with Crippen molar-refractivity contribution < 1.29 is 9.47 Å². The highest BCUT2D eigenvalue weighted by atomic mass is 28.2. The Labute approximate surface area is 173 Å². The molecule has 3 heteroatoms. The summed E-state index contributed by atoms with van der Waals surface area (Å²) in [6.07, 6.45) is 0. The zero-order chi connectivity index (χ0) is 19.8. The predicted molar refractivity (Wildman–Crippen MR) is 120 cm³/mol. The summed E-state index contributed by atoms with van der Waals surface area (Å²) in [5.41, 5.74) is 8.41. The second kappa shape index (κ2) is 7.01. The van der Waals surface area contributed by atoms with Gasteiger partial charge in [-0.05, 0) is 56.9 Å². The molecule has 0 amide bonds. The van der Waals surface area contributed by atoms with Crippen LogP contribution in [0, 0.1) is 0 Å². The van der Waals surface area contributed by atoms with Crippen LogP contribution in [0.5, 0.6) is 11.5 Å². The van der Waals surface area contributed by atoms with Crippen LogP contribution >= 0.6 is 0 Å². The molecule has 0 fully saturated rings. The number of fused-ring (bicyclic) bond motifs is 3. The standard InChI is InChI=1S/C26H22O2Si/c1-27-20-13-14-24-22(15-20)23-16-21(28-2)17-29-25(23)26(24,18-9-5-3-6-10-18)19-11-7-4-8-12-19/h3-17,29H,1-2H3. The summed E-state index contributed by atoms with van der Waals surface area (Å²) in [6, 6.07) is 30.4. The maximum absolute atomic E-state index is 5.61. The fourth-order valence-electron chi connectivity index (χ4n) is 4.71. The molecule has 1 aliphatic rings. The van der Waals surface area contributed by atoms with Crippen molar-refractivity contribution in [3.63, 3.8) is 0 Å². The molecule has 142 valence electrons. The first-order chi connectivity index (χ1) is 14.3. The Balaban J connectivity index is 1.94. The molecule has 0 atom stereocenters. The number of hydrogen-bond donors (Lipinski definition) is 0. The van der Waals surface area contributed by atoms with Crippen LogP contribution in [0.4, 0.5) is 0 Å². The molecule has 0 N–H and O–H groups in total. The van der Waals surface area contributed by atoms with Gasteiger partial charge in [-0.25, -0.2) is 0 Å². The zero-order valence-corrected chi connectivity index (χ0v) is 17.7. The van der Waals surface area contributed by atoms with E-state index in [9.17, 15) is 0 Å². The van der Waals surface area contributed by atoms with Crippen LogP contribution in [0.1, 0.15) is 21.9 Å². The quantitative estimate of drug-likeness (QED) is 0.393. The van der Waals surface area contributed by atoms with E-state index in [4.69, 9.17) is 9.47 Å². The Kier molecular flexibility index (Phi) is 4.33. The molecule has 1 heterocycles. The molecule has 1 aliphatic carbocycles. The van der Waals surface area contributed by atoms with Gasteiger partial charge in [-0.15, -0.1) is 0 Å². The molecule has 1 aromatic heterocycles. The van der Waals surface area contributed by atoms with Crippen molar-refractivity contribution in [1.29, 1.82) is 0 Å². The molecule has 0 spiro atoms. The molecule has 0 radical (unpaired) electrons. The van der Waals surface area contributed by atoms with Gasteiger partial charge in [-0.2, -0.15) is 0 Å². The minimum atomic E-state index is -0.291. The van der Waals surface area contributed by atoms with Gasteiger partial charge in [0.05, 0.1) is 19.6 Å². The van der Waals surface area contributed by atoms with Gasteiger partial charge in [0, 0.05) is 9.12 Å². The van der Waals surface area contributed by atoms with E-state index in [0.29, 0.717) is 0 Å². The van der Waals surface area contributed by atoms with Crippen molar-refractivity contribution in [3.05, 3.63) is 112 Å². The van der Waals surface area contributed by atoms with Gasteiger partial charge in [0.1, 0.15) is 11.5 Å². The van der Waals surface area contributed by atoms with Gasteiger partial charge in [0.2, 0.25) is 0 Å². The van der Waals surface area contributed by atoms with Crippen LogP contribution in [-0.4, -0.2) is 23.3 Å². The molecule has 5 rings (SSSR count).